The molecule has 1 heterocycles. The zero-order chi connectivity index (χ0) is 6.81. The van der Waals surface area contributed by atoms with Crippen LogP contribution in [0.15, 0.2) is 35.6 Å². The van der Waals surface area contributed by atoms with E-state index in [1.807, 2.05) is 6.20 Å². The largest absolute Gasteiger partial charge is 0.387 e. The summed E-state index contributed by atoms with van der Waals surface area (Å²) < 4.78 is 0. The topological polar surface area (TPSA) is 12.0 Å². The second-order valence-corrected chi connectivity index (χ2v) is 2.68. The Kier molecular flexibility index (Phi) is 1.35. The first-order valence-corrected chi connectivity index (χ1v) is 3.76. The predicted molar refractivity (Wildman–Crippen MR) is 42.5 cm³/mol. The molecule has 1 aliphatic carbocycles. The average molecular weight is 133 g/mol. The number of allylic oxidation sites excluding steroid dienone is 3. The fourth-order valence-electron chi connectivity index (χ4n) is 1.41. The number of hydrogen-bond donors (Lipinski definition) is 1. The molecule has 1 heteroatoms. The highest BCUT2D eigenvalue weighted by Gasteiger charge is 2.07. The Morgan fingerprint density at radius 3 is 3.00 bits per heavy atom. The van der Waals surface area contributed by atoms with Crippen molar-refractivity contribution in [2.24, 2.45) is 0 Å². The van der Waals surface area contributed by atoms with E-state index in [2.05, 4.69) is 23.5 Å². The third-order valence-electron chi connectivity index (χ3n) is 1.97. The molecule has 0 saturated heterocycles. The second-order valence-electron chi connectivity index (χ2n) is 2.68. The van der Waals surface area contributed by atoms with Crippen LogP contribution in [0.5, 0.6) is 0 Å². The zero-order valence-corrected chi connectivity index (χ0v) is 5.93. The van der Waals surface area contributed by atoms with Crippen molar-refractivity contribution in [3.63, 3.8) is 0 Å². The molecule has 0 spiro atoms. The van der Waals surface area contributed by atoms with Crippen molar-refractivity contribution in [3.8, 4) is 0 Å². The van der Waals surface area contributed by atoms with Gasteiger partial charge in [0, 0.05) is 6.54 Å². The van der Waals surface area contributed by atoms with Crippen molar-refractivity contribution in [1.29, 1.82) is 0 Å². The molecule has 2 rings (SSSR count). The third-order valence-corrected chi connectivity index (χ3v) is 1.97. The number of fused-ring (bicyclic) bond motifs is 1. The Hall–Kier alpha value is -0.980. The Balaban J connectivity index is 2.33. The van der Waals surface area contributed by atoms with Gasteiger partial charge in [-0.3, -0.25) is 0 Å². The molecule has 0 unspecified atom stereocenters. The lowest BCUT2D eigenvalue weighted by Gasteiger charge is -2.17. The van der Waals surface area contributed by atoms with E-state index in [4.69, 9.17) is 0 Å². The zero-order valence-electron chi connectivity index (χ0n) is 5.93. The van der Waals surface area contributed by atoms with Gasteiger partial charge in [0.2, 0.25) is 0 Å². The summed E-state index contributed by atoms with van der Waals surface area (Å²) in [6.45, 7) is 1.02. The molecule has 0 atom stereocenters. The second kappa shape index (κ2) is 2.33. The molecule has 2 aliphatic rings. The first kappa shape index (κ1) is 5.78. The molecule has 0 aromatic heterocycles. The summed E-state index contributed by atoms with van der Waals surface area (Å²) in [4.78, 5) is 0. The van der Waals surface area contributed by atoms with Crippen LogP contribution in [0, 0.1) is 0 Å². The SMILES string of the molecule is C1=CC2=CCCC=C2CN1. The molecule has 0 amide bonds. The maximum Gasteiger partial charge on any atom is 0.0397 e. The van der Waals surface area contributed by atoms with Gasteiger partial charge in [0.1, 0.15) is 0 Å². The first-order valence-electron chi connectivity index (χ1n) is 3.76. The van der Waals surface area contributed by atoms with Gasteiger partial charge in [-0.05, 0) is 36.3 Å². The number of hydrogen-bond acceptors (Lipinski definition) is 1. The van der Waals surface area contributed by atoms with Crippen LogP contribution in [-0.2, 0) is 0 Å². The van der Waals surface area contributed by atoms with Gasteiger partial charge in [0.25, 0.3) is 0 Å². The van der Waals surface area contributed by atoms with Crippen molar-refractivity contribution in [1.82, 2.24) is 5.32 Å². The average Bonchev–Trinajstić information content (AvgIpc) is 2.05. The third kappa shape index (κ3) is 0.878. The van der Waals surface area contributed by atoms with E-state index in [0.29, 0.717) is 0 Å². The van der Waals surface area contributed by atoms with Gasteiger partial charge in [-0.25, -0.2) is 0 Å². The minimum atomic E-state index is 1.02. The summed E-state index contributed by atoms with van der Waals surface area (Å²) in [6, 6.07) is 0. The van der Waals surface area contributed by atoms with Crippen LogP contribution < -0.4 is 5.32 Å². The molecular formula is C9H11N. The highest BCUT2D eigenvalue weighted by atomic mass is 14.8. The molecule has 0 aromatic rings. The van der Waals surface area contributed by atoms with Crippen molar-refractivity contribution in [2.45, 2.75) is 12.8 Å². The summed E-state index contributed by atoms with van der Waals surface area (Å²) in [7, 11) is 0. The minimum Gasteiger partial charge on any atom is -0.387 e. The summed E-state index contributed by atoms with van der Waals surface area (Å²) in [6.07, 6.45) is 11.2. The fraction of sp³-hybridized carbons (Fsp3) is 0.333. The molecule has 1 N–H and O–H groups in total. The summed E-state index contributed by atoms with van der Waals surface area (Å²) in [5.74, 6) is 0. The predicted octanol–water partition coefficient (Wildman–Crippen LogP) is 1.75. The summed E-state index contributed by atoms with van der Waals surface area (Å²) in [5, 5.41) is 3.19. The molecule has 0 saturated carbocycles. The van der Waals surface area contributed by atoms with Crippen LogP contribution in [0.1, 0.15) is 12.8 Å². The van der Waals surface area contributed by atoms with E-state index in [-0.39, 0.29) is 0 Å². The Bertz CT molecular complexity index is 221. The molecule has 10 heavy (non-hydrogen) atoms. The lowest BCUT2D eigenvalue weighted by Crippen LogP contribution is -2.16. The van der Waals surface area contributed by atoms with Crippen LogP contribution in [0.4, 0.5) is 0 Å². The number of rotatable bonds is 0. The van der Waals surface area contributed by atoms with Crippen molar-refractivity contribution in [2.75, 3.05) is 6.54 Å². The lowest BCUT2D eigenvalue weighted by molar-refractivity contribution is 0.882. The smallest absolute Gasteiger partial charge is 0.0397 e. The maximum atomic E-state index is 3.19. The van der Waals surface area contributed by atoms with E-state index < -0.39 is 0 Å². The fourth-order valence-corrected chi connectivity index (χ4v) is 1.41. The highest BCUT2D eigenvalue weighted by molar-refractivity contribution is 5.44. The number of nitrogens with one attached hydrogen (secondary N) is 1. The van der Waals surface area contributed by atoms with Crippen LogP contribution >= 0.6 is 0 Å². The van der Waals surface area contributed by atoms with Gasteiger partial charge >= 0.3 is 0 Å². The van der Waals surface area contributed by atoms with Crippen LogP contribution in [-0.4, -0.2) is 6.54 Å². The molecule has 0 fully saturated rings. The van der Waals surface area contributed by atoms with Crippen molar-refractivity contribution >= 4 is 0 Å². The molecule has 0 bridgehead atoms. The molecule has 1 aliphatic heterocycles. The molecular weight excluding hydrogens is 122 g/mol. The van der Waals surface area contributed by atoms with Crippen molar-refractivity contribution < 1.29 is 0 Å². The van der Waals surface area contributed by atoms with Crippen LogP contribution in [0.25, 0.3) is 0 Å². The monoisotopic (exact) mass is 133 g/mol. The Morgan fingerprint density at radius 1 is 1.20 bits per heavy atom. The van der Waals surface area contributed by atoms with Crippen molar-refractivity contribution in [3.05, 3.63) is 35.6 Å². The van der Waals surface area contributed by atoms with E-state index in [1.54, 1.807) is 0 Å². The van der Waals surface area contributed by atoms with Gasteiger partial charge in [-0.2, -0.15) is 0 Å². The van der Waals surface area contributed by atoms with E-state index in [0.717, 1.165) is 6.54 Å². The lowest BCUT2D eigenvalue weighted by atomic mass is 9.96. The molecule has 0 radical (unpaired) electrons. The highest BCUT2D eigenvalue weighted by Crippen LogP contribution is 2.20. The van der Waals surface area contributed by atoms with E-state index in [1.165, 1.54) is 24.0 Å². The van der Waals surface area contributed by atoms with Crippen LogP contribution in [0.2, 0.25) is 0 Å². The van der Waals surface area contributed by atoms with Gasteiger partial charge in [0.05, 0.1) is 0 Å². The molecule has 52 valence electrons. The Morgan fingerprint density at radius 2 is 2.10 bits per heavy atom. The van der Waals surface area contributed by atoms with Gasteiger partial charge < -0.3 is 5.32 Å². The van der Waals surface area contributed by atoms with Gasteiger partial charge in [0.15, 0.2) is 0 Å². The van der Waals surface area contributed by atoms with Gasteiger partial charge in [-0.1, -0.05) is 12.2 Å². The quantitative estimate of drug-likeness (QED) is 0.531. The maximum absolute atomic E-state index is 3.19. The molecule has 1 nitrogen and oxygen atoms in total. The van der Waals surface area contributed by atoms with Crippen LogP contribution in [0.3, 0.4) is 0 Å². The standard InChI is InChI=1S/C9H11N/c1-2-4-9-7-10-6-5-8(9)3-1/h3-6,10H,1-2,7H2. The van der Waals surface area contributed by atoms with E-state index >= 15 is 0 Å². The normalized spacial score (nSPS) is 22.4. The minimum absolute atomic E-state index is 1.02. The van der Waals surface area contributed by atoms with Gasteiger partial charge in [-0.15, -0.1) is 0 Å². The first-order chi connectivity index (χ1) is 4.97. The summed E-state index contributed by atoms with van der Waals surface area (Å²) in [5.41, 5.74) is 2.89. The van der Waals surface area contributed by atoms with E-state index in [9.17, 15) is 0 Å². The molecule has 0 aromatic carbocycles. The summed E-state index contributed by atoms with van der Waals surface area (Å²) >= 11 is 0. The Labute approximate surface area is 61.1 Å².